The number of primary sulfonamides is 1. The molecule has 3 aromatic carbocycles. The number of hydrogen-bond acceptors (Lipinski definition) is 4. The summed E-state index contributed by atoms with van der Waals surface area (Å²) in [6.07, 6.45) is 0. The predicted octanol–water partition coefficient (Wildman–Crippen LogP) is 4.55. The normalized spacial score (nSPS) is 11.5. The van der Waals surface area contributed by atoms with Crippen LogP contribution in [-0.4, -0.2) is 22.6 Å². The fraction of sp³-hybridized carbons (Fsp3) is 0.143. The quantitative estimate of drug-likeness (QED) is 0.348. The molecule has 3 aromatic rings. The van der Waals surface area contributed by atoms with Gasteiger partial charge in [0.25, 0.3) is 0 Å². The van der Waals surface area contributed by atoms with Crippen molar-refractivity contribution < 1.29 is 35.5 Å². The van der Waals surface area contributed by atoms with Crippen molar-refractivity contribution in [1.29, 1.82) is 0 Å². The van der Waals surface area contributed by atoms with Gasteiger partial charge in [0, 0.05) is 22.3 Å². The maximum atomic E-state index is 15.0. The van der Waals surface area contributed by atoms with E-state index in [2.05, 4.69) is 0 Å². The van der Waals surface area contributed by atoms with Gasteiger partial charge in [-0.1, -0.05) is 18.2 Å². The van der Waals surface area contributed by atoms with E-state index in [-0.39, 0.29) is 17.1 Å². The van der Waals surface area contributed by atoms with Crippen LogP contribution in [0, 0.1) is 30.2 Å². The molecule has 0 radical (unpaired) electrons. The van der Waals surface area contributed by atoms with E-state index in [1.807, 2.05) is 0 Å². The highest BCUT2D eigenvalue weighted by Gasteiger charge is 2.30. The van der Waals surface area contributed by atoms with Crippen molar-refractivity contribution in [3.05, 3.63) is 65.2 Å². The lowest BCUT2D eigenvalue weighted by atomic mass is 9.92. The summed E-state index contributed by atoms with van der Waals surface area (Å²) in [4.78, 5) is -0.591. The van der Waals surface area contributed by atoms with Gasteiger partial charge in [-0.3, -0.25) is 0 Å². The van der Waals surface area contributed by atoms with Crippen molar-refractivity contribution in [3.8, 4) is 33.8 Å². The van der Waals surface area contributed by atoms with E-state index in [9.17, 15) is 17.2 Å². The Kier molecular flexibility index (Phi) is 5.97. The molecule has 0 amide bonds. The van der Waals surface area contributed by atoms with E-state index >= 15 is 8.78 Å². The van der Waals surface area contributed by atoms with Gasteiger partial charge >= 0.3 is 0 Å². The number of ether oxygens (including phenoxy) is 2. The zero-order chi connectivity index (χ0) is 23.1. The van der Waals surface area contributed by atoms with Crippen LogP contribution < -0.4 is 14.6 Å². The molecular formula is C21H17F4NO4S. The third kappa shape index (κ3) is 3.84. The Bertz CT molecular complexity index is 1270. The Balaban J connectivity index is 2.54. The average molecular weight is 455 g/mol. The second kappa shape index (κ2) is 8.20. The minimum atomic E-state index is -4.42. The van der Waals surface area contributed by atoms with Crippen LogP contribution in [0.3, 0.4) is 0 Å². The lowest BCUT2D eigenvalue weighted by molar-refractivity contribution is 0.389. The molecule has 0 aliphatic rings. The van der Waals surface area contributed by atoms with Crippen LogP contribution in [0.15, 0.2) is 41.3 Å². The molecule has 0 aliphatic heterocycles. The molecule has 0 unspecified atom stereocenters. The summed E-state index contributed by atoms with van der Waals surface area (Å²) < 4.78 is 92.9. The zero-order valence-electron chi connectivity index (χ0n) is 16.6. The van der Waals surface area contributed by atoms with E-state index in [1.54, 1.807) is 6.92 Å². The van der Waals surface area contributed by atoms with Gasteiger partial charge in [0.15, 0.2) is 23.3 Å². The third-order valence-electron chi connectivity index (χ3n) is 4.77. The molecule has 0 aromatic heterocycles. The summed E-state index contributed by atoms with van der Waals surface area (Å²) in [5.41, 5.74) is -1.58. The van der Waals surface area contributed by atoms with Gasteiger partial charge in [0.05, 0.1) is 19.1 Å². The van der Waals surface area contributed by atoms with Crippen molar-refractivity contribution in [1.82, 2.24) is 0 Å². The van der Waals surface area contributed by atoms with Gasteiger partial charge < -0.3 is 9.47 Å². The van der Waals surface area contributed by atoms with Crippen molar-refractivity contribution in [2.45, 2.75) is 11.8 Å². The Morgan fingerprint density at radius 1 is 0.806 bits per heavy atom. The smallest absolute Gasteiger partial charge is 0.238 e. The lowest BCUT2D eigenvalue weighted by Gasteiger charge is -2.18. The van der Waals surface area contributed by atoms with Crippen molar-refractivity contribution in [2.24, 2.45) is 5.14 Å². The Hall–Kier alpha value is -3.11. The van der Waals surface area contributed by atoms with E-state index < -0.39 is 54.9 Å². The number of benzene rings is 3. The number of methoxy groups -OCH3 is 2. The Labute approximate surface area is 176 Å². The van der Waals surface area contributed by atoms with Gasteiger partial charge in [0.2, 0.25) is 10.0 Å². The fourth-order valence-electron chi connectivity index (χ4n) is 3.31. The van der Waals surface area contributed by atoms with E-state index in [4.69, 9.17) is 14.6 Å². The largest absolute Gasteiger partial charge is 0.496 e. The number of sulfonamides is 1. The van der Waals surface area contributed by atoms with Gasteiger partial charge in [-0.2, -0.15) is 0 Å². The monoisotopic (exact) mass is 455 g/mol. The van der Waals surface area contributed by atoms with Crippen molar-refractivity contribution >= 4 is 10.0 Å². The maximum absolute atomic E-state index is 15.0. The number of nitrogens with two attached hydrogens (primary N) is 1. The molecule has 0 bridgehead atoms. The zero-order valence-corrected chi connectivity index (χ0v) is 17.4. The first-order valence-corrected chi connectivity index (χ1v) is 10.3. The van der Waals surface area contributed by atoms with Crippen LogP contribution >= 0.6 is 0 Å². The van der Waals surface area contributed by atoms with E-state index in [0.29, 0.717) is 5.56 Å². The first kappa shape index (κ1) is 22.6. The highest BCUT2D eigenvalue weighted by molar-refractivity contribution is 7.89. The first-order valence-electron chi connectivity index (χ1n) is 8.74. The summed E-state index contributed by atoms with van der Waals surface area (Å²) in [6.45, 7) is 1.64. The molecule has 10 heteroatoms. The van der Waals surface area contributed by atoms with Crippen LogP contribution in [0.25, 0.3) is 22.3 Å². The first-order chi connectivity index (χ1) is 14.5. The summed E-state index contributed by atoms with van der Waals surface area (Å²) >= 11 is 0. The highest BCUT2D eigenvalue weighted by atomic mass is 32.2. The standard InChI is InChI=1S/C21H17F4NO4S/c1-10-13(29-2)8-11(9-14(10)30-3)16-17(19(23)21(25)20(24)18(16)22)12-6-4-5-7-15(12)31(26,27)28/h4-9H,1-3H3,(H2,26,27,28). The molecule has 0 fully saturated rings. The summed E-state index contributed by atoms with van der Waals surface area (Å²) in [5, 5.41) is 5.20. The molecule has 0 atom stereocenters. The Morgan fingerprint density at radius 3 is 1.77 bits per heavy atom. The molecule has 0 saturated carbocycles. The molecule has 164 valence electrons. The minimum Gasteiger partial charge on any atom is -0.496 e. The summed E-state index contributed by atoms with van der Waals surface area (Å²) in [7, 11) is -1.77. The highest BCUT2D eigenvalue weighted by Crippen LogP contribution is 2.44. The topological polar surface area (TPSA) is 78.6 Å². The van der Waals surface area contributed by atoms with Gasteiger partial charge in [-0.15, -0.1) is 0 Å². The second-order valence-electron chi connectivity index (χ2n) is 6.55. The number of hydrogen-bond donors (Lipinski definition) is 1. The summed E-state index contributed by atoms with van der Waals surface area (Å²) in [6, 6.07) is 7.33. The third-order valence-corrected chi connectivity index (χ3v) is 5.74. The van der Waals surface area contributed by atoms with Gasteiger partial charge in [-0.25, -0.2) is 31.1 Å². The van der Waals surface area contributed by atoms with Gasteiger partial charge in [-0.05, 0) is 30.7 Å². The molecule has 3 rings (SSSR count). The molecule has 2 N–H and O–H groups in total. The maximum Gasteiger partial charge on any atom is 0.238 e. The van der Waals surface area contributed by atoms with Crippen LogP contribution in [0.4, 0.5) is 17.6 Å². The van der Waals surface area contributed by atoms with Crippen molar-refractivity contribution in [2.75, 3.05) is 14.2 Å². The molecule has 5 nitrogen and oxygen atoms in total. The van der Waals surface area contributed by atoms with Crippen LogP contribution in [0.2, 0.25) is 0 Å². The molecule has 0 saturated heterocycles. The molecule has 0 spiro atoms. The van der Waals surface area contributed by atoms with Gasteiger partial charge in [0.1, 0.15) is 11.5 Å². The molecule has 31 heavy (non-hydrogen) atoms. The molecule has 0 heterocycles. The van der Waals surface area contributed by atoms with E-state index in [0.717, 1.165) is 12.1 Å². The molecular weight excluding hydrogens is 438 g/mol. The van der Waals surface area contributed by atoms with Crippen LogP contribution in [0.1, 0.15) is 5.56 Å². The second-order valence-corrected chi connectivity index (χ2v) is 8.08. The summed E-state index contributed by atoms with van der Waals surface area (Å²) in [5.74, 6) is -7.24. The number of halogens is 4. The Morgan fingerprint density at radius 2 is 1.29 bits per heavy atom. The van der Waals surface area contributed by atoms with Crippen LogP contribution in [-0.2, 0) is 10.0 Å². The minimum absolute atomic E-state index is 0.131. The lowest BCUT2D eigenvalue weighted by Crippen LogP contribution is -2.14. The predicted molar refractivity (Wildman–Crippen MR) is 106 cm³/mol. The SMILES string of the molecule is COc1cc(-c2c(F)c(F)c(F)c(F)c2-c2ccccc2S(N)(=O)=O)cc(OC)c1C. The number of rotatable bonds is 5. The van der Waals surface area contributed by atoms with Crippen LogP contribution in [0.5, 0.6) is 11.5 Å². The fourth-order valence-corrected chi connectivity index (χ4v) is 4.05. The molecule has 0 aliphatic carbocycles. The van der Waals surface area contributed by atoms with Crippen molar-refractivity contribution in [3.63, 3.8) is 0 Å². The van der Waals surface area contributed by atoms with E-state index in [1.165, 1.54) is 38.5 Å². The average Bonchev–Trinajstić information content (AvgIpc) is 2.74.